The van der Waals surface area contributed by atoms with Gasteiger partial charge in [0.05, 0.1) is 6.33 Å². The van der Waals surface area contributed by atoms with Crippen LogP contribution >= 0.6 is 0 Å². The van der Waals surface area contributed by atoms with Crippen molar-refractivity contribution < 1.29 is 0 Å². The van der Waals surface area contributed by atoms with E-state index in [1.165, 1.54) is 6.42 Å². The molecule has 0 unspecified atom stereocenters. The number of aromatic nitrogens is 2. The van der Waals surface area contributed by atoms with Crippen molar-refractivity contribution in [1.82, 2.24) is 20.2 Å². The molecule has 1 aromatic rings. The van der Waals surface area contributed by atoms with Crippen LogP contribution in [0.2, 0.25) is 0 Å². The van der Waals surface area contributed by atoms with Gasteiger partial charge in [-0.15, -0.1) is 0 Å². The first-order valence-electron chi connectivity index (χ1n) is 5.58. The Morgan fingerprint density at radius 3 is 2.93 bits per heavy atom. The molecule has 0 atom stereocenters. The quantitative estimate of drug-likeness (QED) is 0.665. The lowest BCUT2D eigenvalue weighted by atomic mass is 10.3. The zero-order valence-electron chi connectivity index (χ0n) is 9.95. The van der Waals surface area contributed by atoms with Crippen molar-refractivity contribution in [2.24, 2.45) is 0 Å². The molecule has 0 saturated carbocycles. The number of hydrogen-bond acceptors (Lipinski definition) is 3. The zero-order valence-corrected chi connectivity index (χ0v) is 9.95. The predicted octanol–water partition coefficient (Wildman–Crippen LogP) is 1.23. The van der Waals surface area contributed by atoms with Gasteiger partial charge in [0.25, 0.3) is 0 Å². The molecule has 0 aliphatic carbocycles. The normalized spacial score (nSPS) is 11.5. The van der Waals surface area contributed by atoms with Crippen LogP contribution in [-0.2, 0) is 6.54 Å². The van der Waals surface area contributed by atoms with E-state index in [2.05, 4.69) is 41.1 Å². The molecule has 4 heteroatoms. The van der Waals surface area contributed by atoms with Crippen molar-refractivity contribution in [2.75, 3.05) is 20.1 Å². The van der Waals surface area contributed by atoms with E-state index in [1.54, 1.807) is 6.33 Å². The number of nitrogens with zero attached hydrogens (tertiary/aromatic N) is 2. The van der Waals surface area contributed by atoms with E-state index in [4.69, 9.17) is 0 Å². The first-order chi connectivity index (χ1) is 7.20. The van der Waals surface area contributed by atoms with E-state index in [-0.39, 0.29) is 0 Å². The summed E-state index contributed by atoms with van der Waals surface area (Å²) in [6.45, 7) is 7.52. The molecule has 0 aromatic carbocycles. The minimum atomic E-state index is 0.637. The lowest BCUT2D eigenvalue weighted by Gasteiger charge is -2.20. The topological polar surface area (TPSA) is 44.0 Å². The van der Waals surface area contributed by atoms with Gasteiger partial charge >= 0.3 is 0 Å². The molecular weight excluding hydrogens is 188 g/mol. The number of hydrogen-bond donors (Lipinski definition) is 2. The zero-order chi connectivity index (χ0) is 11.1. The van der Waals surface area contributed by atoms with Crippen molar-refractivity contribution in [3.05, 3.63) is 18.2 Å². The highest BCUT2D eigenvalue weighted by molar-refractivity contribution is 4.92. The standard InChI is InChI=1S/C11H22N4/c1-10(2)15(3)6-4-5-12-7-11-8-13-9-14-11/h8-10,12H,4-7H2,1-3H3,(H,13,14). The number of nitrogens with one attached hydrogen (secondary N) is 2. The summed E-state index contributed by atoms with van der Waals surface area (Å²) in [6.07, 6.45) is 4.75. The summed E-state index contributed by atoms with van der Waals surface area (Å²) in [5.74, 6) is 0. The van der Waals surface area contributed by atoms with Crippen LogP contribution in [0.5, 0.6) is 0 Å². The van der Waals surface area contributed by atoms with Crippen molar-refractivity contribution in [3.63, 3.8) is 0 Å². The van der Waals surface area contributed by atoms with Crippen LogP contribution in [0, 0.1) is 0 Å². The van der Waals surface area contributed by atoms with Gasteiger partial charge in [0.1, 0.15) is 0 Å². The van der Waals surface area contributed by atoms with Crippen LogP contribution < -0.4 is 5.32 Å². The summed E-state index contributed by atoms with van der Waals surface area (Å²) in [7, 11) is 2.17. The Balaban J connectivity index is 1.98. The second kappa shape index (κ2) is 6.58. The lowest BCUT2D eigenvalue weighted by Crippen LogP contribution is -2.29. The number of rotatable bonds is 7. The molecule has 0 aliphatic heterocycles. The second-order valence-electron chi connectivity index (χ2n) is 4.18. The highest BCUT2D eigenvalue weighted by Crippen LogP contribution is 1.95. The Bertz CT molecular complexity index is 243. The van der Waals surface area contributed by atoms with Crippen LogP contribution in [0.15, 0.2) is 12.5 Å². The Kier molecular flexibility index (Phi) is 5.36. The fraction of sp³-hybridized carbons (Fsp3) is 0.727. The minimum Gasteiger partial charge on any atom is -0.347 e. The molecule has 0 bridgehead atoms. The van der Waals surface area contributed by atoms with E-state index < -0.39 is 0 Å². The van der Waals surface area contributed by atoms with Gasteiger partial charge in [-0.25, -0.2) is 4.98 Å². The average molecular weight is 210 g/mol. The number of imidazole rings is 1. The Hall–Kier alpha value is -0.870. The molecule has 4 nitrogen and oxygen atoms in total. The number of H-pyrrole nitrogens is 1. The molecule has 86 valence electrons. The third kappa shape index (κ3) is 4.95. The summed E-state index contributed by atoms with van der Waals surface area (Å²) >= 11 is 0. The van der Waals surface area contributed by atoms with Crippen molar-refractivity contribution in [2.45, 2.75) is 32.9 Å². The molecule has 0 spiro atoms. The van der Waals surface area contributed by atoms with Gasteiger partial charge in [0, 0.05) is 24.5 Å². The molecule has 0 saturated heterocycles. The van der Waals surface area contributed by atoms with Gasteiger partial charge in [0.2, 0.25) is 0 Å². The van der Waals surface area contributed by atoms with Crippen LogP contribution in [0.4, 0.5) is 0 Å². The van der Waals surface area contributed by atoms with Gasteiger partial charge in [-0.1, -0.05) is 0 Å². The monoisotopic (exact) mass is 210 g/mol. The Morgan fingerprint density at radius 1 is 1.53 bits per heavy atom. The molecular formula is C11H22N4. The van der Waals surface area contributed by atoms with Crippen LogP contribution in [0.3, 0.4) is 0 Å². The maximum absolute atomic E-state index is 3.97. The molecule has 0 amide bonds. The van der Waals surface area contributed by atoms with Gasteiger partial charge in [-0.05, 0) is 40.4 Å². The van der Waals surface area contributed by atoms with Gasteiger partial charge < -0.3 is 15.2 Å². The molecule has 1 rings (SSSR count). The van der Waals surface area contributed by atoms with Gasteiger partial charge in [-0.3, -0.25) is 0 Å². The Morgan fingerprint density at radius 2 is 2.33 bits per heavy atom. The summed E-state index contributed by atoms with van der Waals surface area (Å²) < 4.78 is 0. The first-order valence-corrected chi connectivity index (χ1v) is 5.58. The third-order valence-electron chi connectivity index (χ3n) is 2.62. The first kappa shape index (κ1) is 12.2. The van der Waals surface area contributed by atoms with E-state index in [9.17, 15) is 0 Å². The van der Waals surface area contributed by atoms with Crippen molar-refractivity contribution >= 4 is 0 Å². The average Bonchev–Trinajstić information content (AvgIpc) is 2.69. The molecule has 1 heterocycles. The van der Waals surface area contributed by atoms with E-state index >= 15 is 0 Å². The van der Waals surface area contributed by atoms with E-state index in [0.717, 1.165) is 25.3 Å². The van der Waals surface area contributed by atoms with Gasteiger partial charge in [-0.2, -0.15) is 0 Å². The molecule has 0 fully saturated rings. The molecule has 1 aromatic heterocycles. The van der Waals surface area contributed by atoms with Crippen LogP contribution in [0.25, 0.3) is 0 Å². The predicted molar refractivity (Wildman–Crippen MR) is 62.7 cm³/mol. The van der Waals surface area contributed by atoms with E-state index in [1.807, 2.05) is 6.20 Å². The third-order valence-corrected chi connectivity index (χ3v) is 2.62. The van der Waals surface area contributed by atoms with Crippen molar-refractivity contribution in [3.8, 4) is 0 Å². The maximum Gasteiger partial charge on any atom is 0.0922 e. The highest BCUT2D eigenvalue weighted by Gasteiger charge is 2.01. The minimum absolute atomic E-state index is 0.637. The van der Waals surface area contributed by atoms with E-state index in [0.29, 0.717) is 6.04 Å². The lowest BCUT2D eigenvalue weighted by molar-refractivity contribution is 0.269. The molecule has 0 aliphatic rings. The summed E-state index contributed by atoms with van der Waals surface area (Å²) in [5, 5.41) is 3.38. The molecule has 2 N–H and O–H groups in total. The maximum atomic E-state index is 3.97. The largest absolute Gasteiger partial charge is 0.347 e. The summed E-state index contributed by atoms with van der Waals surface area (Å²) in [5.41, 5.74) is 1.15. The van der Waals surface area contributed by atoms with Crippen LogP contribution in [-0.4, -0.2) is 41.0 Å². The summed E-state index contributed by atoms with van der Waals surface area (Å²) in [6, 6.07) is 0.637. The number of aromatic amines is 1. The SMILES string of the molecule is CC(C)N(C)CCCNCc1cnc[nH]1. The van der Waals surface area contributed by atoms with Gasteiger partial charge in [0.15, 0.2) is 0 Å². The highest BCUT2D eigenvalue weighted by atomic mass is 15.1. The fourth-order valence-electron chi connectivity index (χ4n) is 1.32. The molecule has 15 heavy (non-hydrogen) atoms. The van der Waals surface area contributed by atoms with Crippen LogP contribution in [0.1, 0.15) is 26.0 Å². The summed E-state index contributed by atoms with van der Waals surface area (Å²) in [4.78, 5) is 9.40. The molecule has 0 radical (unpaired) electrons. The fourth-order valence-corrected chi connectivity index (χ4v) is 1.32. The second-order valence-corrected chi connectivity index (χ2v) is 4.18. The smallest absolute Gasteiger partial charge is 0.0922 e. The van der Waals surface area contributed by atoms with Crippen molar-refractivity contribution in [1.29, 1.82) is 0 Å². The Labute approximate surface area is 92.1 Å².